The zero-order chi connectivity index (χ0) is 38.0. The summed E-state index contributed by atoms with van der Waals surface area (Å²) in [6.07, 6.45) is 0. The zero-order valence-corrected chi connectivity index (χ0v) is 29.2. The summed E-state index contributed by atoms with van der Waals surface area (Å²) in [5, 5.41) is 24.5. The molecule has 4 aromatic rings. The van der Waals surface area contributed by atoms with Crippen LogP contribution >= 0.6 is 0 Å². The van der Waals surface area contributed by atoms with E-state index in [-0.39, 0.29) is 67.7 Å². The highest BCUT2D eigenvalue weighted by atomic mass is 32.2. The number of hydrogen-bond donors (Lipinski definition) is 8. The van der Waals surface area contributed by atoms with E-state index in [4.69, 9.17) is 43.4 Å². The van der Waals surface area contributed by atoms with Crippen molar-refractivity contribution < 1.29 is 35.4 Å². The second-order valence-electron chi connectivity index (χ2n) is 12.1. The van der Waals surface area contributed by atoms with E-state index in [9.17, 15) is 25.9 Å². The minimum absolute atomic E-state index is 0.00699. The number of benzene rings is 4. The van der Waals surface area contributed by atoms with E-state index in [0.29, 0.717) is 11.1 Å². The van der Waals surface area contributed by atoms with Crippen LogP contribution in [0.1, 0.15) is 33.4 Å². The van der Waals surface area contributed by atoms with E-state index in [0.717, 1.165) is 0 Å². The lowest BCUT2D eigenvalue weighted by molar-refractivity contribution is 0.391. The molecular formula is C34H34N8O8S2. The summed E-state index contributed by atoms with van der Waals surface area (Å²) in [5.74, 6) is 11.1. The van der Waals surface area contributed by atoms with Crippen molar-refractivity contribution in [2.24, 2.45) is 33.4 Å². The van der Waals surface area contributed by atoms with Crippen LogP contribution in [0.2, 0.25) is 0 Å². The first-order valence-electron chi connectivity index (χ1n) is 15.3. The van der Waals surface area contributed by atoms with Crippen LogP contribution in [0.3, 0.4) is 0 Å². The lowest BCUT2D eigenvalue weighted by atomic mass is 9.72. The monoisotopic (exact) mass is 746 g/mol. The standard InChI is InChI=1S/C34H34N8O8S2/c1-49-25-15-17(11-13-23(25)33(51(43,44)45)21-9-5-3-7-19(21)27(35)29(41-39)31(33)37)18-12-14-24(26(16-18)50-2)34(52(46,47)48)22-10-6-4-8-20(22)28(36)30(42-40)32(34)38/h3-16,31-32,35-36H,37-40H2,1-2H3,(H,43,44,45)(H,46,47,48). The molecule has 0 aromatic heterocycles. The van der Waals surface area contributed by atoms with Gasteiger partial charge in [-0.2, -0.15) is 27.0 Å². The van der Waals surface area contributed by atoms with Crippen molar-refractivity contribution in [3.05, 3.63) is 118 Å². The van der Waals surface area contributed by atoms with Crippen LogP contribution in [0.4, 0.5) is 0 Å². The Morgan fingerprint density at radius 3 is 1.27 bits per heavy atom. The first kappa shape index (κ1) is 36.3. The van der Waals surface area contributed by atoms with Crippen molar-refractivity contribution in [1.29, 1.82) is 10.8 Å². The highest BCUT2D eigenvalue weighted by molar-refractivity contribution is 7.87. The largest absolute Gasteiger partial charge is 0.496 e. The molecule has 18 heteroatoms. The van der Waals surface area contributed by atoms with Crippen molar-refractivity contribution in [3.63, 3.8) is 0 Å². The highest BCUT2D eigenvalue weighted by Crippen LogP contribution is 2.51. The third-order valence-corrected chi connectivity index (χ3v) is 12.8. The first-order chi connectivity index (χ1) is 24.6. The molecule has 12 N–H and O–H groups in total. The van der Waals surface area contributed by atoms with E-state index >= 15 is 0 Å². The van der Waals surface area contributed by atoms with Crippen molar-refractivity contribution in [2.45, 2.75) is 21.6 Å². The van der Waals surface area contributed by atoms with Crippen molar-refractivity contribution in [2.75, 3.05) is 14.2 Å². The van der Waals surface area contributed by atoms with Crippen molar-refractivity contribution in [3.8, 4) is 22.6 Å². The van der Waals surface area contributed by atoms with Gasteiger partial charge >= 0.3 is 0 Å². The third kappa shape index (κ3) is 4.80. The summed E-state index contributed by atoms with van der Waals surface area (Å²) in [6, 6.07) is 17.6. The molecule has 52 heavy (non-hydrogen) atoms. The van der Waals surface area contributed by atoms with Crippen LogP contribution in [0.25, 0.3) is 11.1 Å². The van der Waals surface area contributed by atoms with E-state index in [2.05, 4.69) is 10.2 Å². The minimum Gasteiger partial charge on any atom is -0.496 e. The van der Waals surface area contributed by atoms with Crippen LogP contribution < -0.4 is 32.6 Å². The quantitative estimate of drug-likeness (QED) is 0.0761. The molecule has 0 amide bonds. The molecule has 16 nitrogen and oxygen atoms in total. The predicted octanol–water partition coefficient (Wildman–Crippen LogP) is 1.68. The molecule has 0 fully saturated rings. The third-order valence-electron chi connectivity index (χ3n) is 9.80. The Balaban J connectivity index is 1.59. The number of nitrogens with one attached hydrogen (secondary N) is 2. The normalized spacial score (nSPS) is 24.7. The number of nitrogens with two attached hydrogens (primary N) is 4. The molecule has 0 bridgehead atoms. The fourth-order valence-electron chi connectivity index (χ4n) is 7.50. The fourth-order valence-corrected chi connectivity index (χ4v) is 10.2. The summed E-state index contributed by atoms with van der Waals surface area (Å²) in [7, 11) is -7.73. The van der Waals surface area contributed by atoms with Gasteiger partial charge in [0.1, 0.15) is 22.9 Å². The number of hydrogen-bond acceptors (Lipinski definition) is 14. The molecule has 6 rings (SSSR count). The topological polar surface area (TPSA) is 304 Å². The molecule has 4 aromatic carbocycles. The Labute approximate surface area is 298 Å². The van der Waals surface area contributed by atoms with Crippen molar-refractivity contribution in [1.82, 2.24) is 0 Å². The van der Waals surface area contributed by atoms with Gasteiger partial charge in [0, 0.05) is 22.3 Å². The van der Waals surface area contributed by atoms with Crippen LogP contribution in [-0.4, -0.2) is 75.1 Å². The fraction of sp³-hybridized carbons (Fsp3) is 0.176. The molecule has 0 saturated heterocycles. The molecule has 2 aliphatic rings. The summed E-state index contributed by atoms with van der Waals surface area (Å²) >= 11 is 0. The van der Waals surface area contributed by atoms with Crippen LogP contribution in [0.5, 0.6) is 11.5 Å². The van der Waals surface area contributed by atoms with Gasteiger partial charge in [0.05, 0.1) is 37.7 Å². The highest BCUT2D eigenvalue weighted by Gasteiger charge is 2.60. The summed E-state index contributed by atoms with van der Waals surface area (Å²) in [6.45, 7) is 0. The lowest BCUT2D eigenvalue weighted by Gasteiger charge is -2.42. The van der Waals surface area contributed by atoms with Crippen LogP contribution in [0, 0.1) is 10.8 Å². The molecular weight excluding hydrogens is 713 g/mol. The number of nitrogens with zero attached hydrogens (tertiary/aromatic N) is 2. The molecule has 0 radical (unpaired) electrons. The number of ether oxygens (including phenoxy) is 2. The number of rotatable bonds is 7. The molecule has 0 saturated carbocycles. The Kier molecular flexibility index (Phi) is 8.81. The molecule has 0 aliphatic heterocycles. The summed E-state index contributed by atoms with van der Waals surface area (Å²) in [5.41, 5.74) is 13.1. The summed E-state index contributed by atoms with van der Waals surface area (Å²) in [4.78, 5) is 0. The van der Waals surface area contributed by atoms with Crippen LogP contribution in [-0.2, 0) is 29.7 Å². The SMILES string of the molecule is COc1cc(-c2ccc(C3(S(=O)(=O)O)c4ccccc4C(=N)C(=NN)C3N)c(OC)c2)ccc1C1(S(=O)(=O)O)c2ccccc2C(=N)C(=NN)C1N. The van der Waals surface area contributed by atoms with Gasteiger partial charge < -0.3 is 32.6 Å². The Hall–Kier alpha value is -5.50. The maximum Gasteiger partial charge on any atom is 0.281 e. The van der Waals surface area contributed by atoms with Gasteiger partial charge in [-0.1, -0.05) is 72.8 Å². The maximum absolute atomic E-state index is 13.6. The molecule has 0 heterocycles. The minimum atomic E-state index is -5.15. The summed E-state index contributed by atoms with van der Waals surface area (Å²) < 4.78 is 82.8. The van der Waals surface area contributed by atoms with E-state index in [1.54, 1.807) is 24.3 Å². The molecule has 0 spiro atoms. The number of fused-ring (bicyclic) bond motifs is 2. The Morgan fingerprint density at radius 2 is 0.962 bits per heavy atom. The van der Waals surface area contributed by atoms with Crippen molar-refractivity contribution >= 4 is 43.1 Å². The van der Waals surface area contributed by atoms with E-state index in [1.807, 2.05) is 0 Å². The molecule has 270 valence electrons. The lowest BCUT2D eigenvalue weighted by Crippen LogP contribution is -2.61. The van der Waals surface area contributed by atoms with Crippen LogP contribution in [0.15, 0.2) is 95.1 Å². The van der Waals surface area contributed by atoms with Gasteiger partial charge in [0.15, 0.2) is 9.49 Å². The van der Waals surface area contributed by atoms with Gasteiger partial charge in [0.2, 0.25) is 0 Å². The second-order valence-corrected chi connectivity index (χ2v) is 15.3. The van der Waals surface area contributed by atoms with E-state index in [1.165, 1.54) is 74.9 Å². The maximum atomic E-state index is 13.6. The molecule has 4 unspecified atom stereocenters. The second kappa shape index (κ2) is 12.6. The Bertz CT molecular complexity index is 2300. The zero-order valence-electron chi connectivity index (χ0n) is 27.6. The van der Waals surface area contributed by atoms with Gasteiger partial charge in [-0.15, -0.1) is 0 Å². The predicted molar refractivity (Wildman–Crippen MR) is 195 cm³/mol. The Morgan fingerprint density at radius 1 is 0.615 bits per heavy atom. The van der Waals surface area contributed by atoms with Gasteiger partial charge in [-0.05, 0) is 34.4 Å². The molecule has 4 atom stereocenters. The number of hydrazone groups is 2. The average molecular weight is 747 g/mol. The van der Waals surface area contributed by atoms with Gasteiger partial charge in [-0.3, -0.25) is 19.9 Å². The van der Waals surface area contributed by atoms with Gasteiger partial charge in [-0.25, -0.2) is 0 Å². The number of methoxy groups -OCH3 is 2. The van der Waals surface area contributed by atoms with E-state index < -0.39 is 41.8 Å². The smallest absolute Gasteiger partial charge is 0.281 e. The molecule has 2 aliphatic carbocycles. The van der Waals surface area contributed by atoms with Gasteiger partial charge in [0.25, 0.3) is 20.2 Å². The average Bonchev–Trinajstić information content (AvgIpc) is 3.11. The first-order valence-corrected chi connectivity index (χ1v) is 18.2.